The zero-order valence-corrected chi connectivity index (χ0v) is 20.2. The molecule has 1 saturated carbocycles. The lowest BCUT2D eigenvalue weighted by Crippen LogP contribution is -2.49. The molecule has 2 aliphatic rings. The summed E-state index contributed by atoms with van der Waals surface area (Å²) in [6.07, 6.45) is 1.90. The second-order valence-corrected chi connectivity index (χ2v) is 8.98. The van der Waals surface area contributed by atoms with Gasteiger partial charge in [-0.05, 0) is 49.2 Å². The van der Waals surface area contributed by atoms with E-state index in [2.05, 4.69) is 20.4 Å². The van der Waals surface area contributed by atoms with Gasteiger partial charge in [-0.3, -0.25) is 14.5 Å². The molecule has 36 heavy (non-hydrogen) atoms. The topological polar surface area (TPSA) is 110 Å². The molecule has 2 fully saturated rings. The molecule has 0 atom stereocenters. The minimum absolute atomic E-state index is 0.0404. The minimum Gasteiger partial charge on any atom is -0.497 e. The van der Waals surface area contributed by atoms with Crippen LogP contribution in [0.25, 0.3) is 11.4 Å². The van der Waals surface area contributed by atoms with Crippen molar-refractivity contribution >= 4 is 17.5 Å². The standard InChI is InChI=1S/C26H29N5O5/c1-34-21-9-7-18(8-10-21)25-28-23(36-29-25)16-30-11-13-31(14-12-30)24(32)17-35-22-4-2-3-20(15-22)27-26(33)19-5-6-19/h2-4,7-10,15,19H,5-6,11-14,16-17H2,1H3,(H,27,33). The molecule has 1 aliphatic heterocycles. The number of carbonyl (C=O) groups excluding carboxylic acids is 2. The maximum absolute atomic E-state index is 12.7. The van der Waals surface area contributed by atoms with Crippen molar-refractivity contribution in [3.05, 3.63) is 54.4 Å². The van der Waals surface area contributed by atoms with Gasteiger partial charge < -0.3 is 24.2 Å². The molecule has 1 aromatic heterocycles. The SMILES string of the molecule is COc1ccc(-c2noc(CN3CCN(C(=O)COc4cccc(NC(=O)C5CC5)c4)CC3)n2)cc1. The van der Waals surface area contributed by atoms with E-state index in [9.17, 15) is 9.59 Å². The van der Waals surface area contributed by atoms with Crippen LogP contribution in [0.1, 0.15) is 18.7 Å². The molecule has 0 unspecified atom stereocenters. The fourth-order valence-corrected chi connectivity index (χ4v) is 4.01. The Morgan fingerprint density at radius 2 is 1.83 bits per heavy atom. The highest BCUT2D eigenvalue weighted by molar-refractivity contribution is 5.94. The molecule has 1 saturated heterocycles. The maximum Gasteiger partial charge on any atom is 0.260 e. The molecule has 188 valence electrons. The second kappa shape index (κ2) is 10.8. The van der Waals surface area contributed by atoms with Crippen molar-refractivity contribution in [2.24, 2.45) is 5.92 Å². The van der Waals surface area contributed by atoms with Crippen molar-refractivity contribution in [2.45, 2.75) is 19.4 Å². The number of carbonyl (C=O) groups is 2. The van der Waals surface area contributed by atoms with Gasteiger partial charge in [0.05, 0.1) is 13.7 Å². The maximum atomic E-state index is 12.7. The lowest BCUT2D eigenvalue weighted by atomic mass is 10.2. The van der Waals surface area contributed by atoms with Crippen LogP contribution in [0.4, 0.5) is 5.69 Å². The number of nitrogens with one attached hydrogen (secondary N) is 1. The average Bonchev–Trinajstić information content (AvgIpc) is 3.67. The monoisotopic (exact) mass is 491 g/mol. The predicted octanol–water partition coefficient (Wildman–Crippen LogP) is 2.82. The van der Waals surface area contributed by atoms with E-state index in [1.165, 1.54) is 0 Å². The summed E-state index contributed by atoms with van der Waals surface area (Å²) in [4.78, 5) is 33.1. The van der Waals surface area contributed by atoms with Crippen LogP contribution in [-0.2, 0) is 16.1 Å². The summed E-state index contributed by atoms with van der Waals surface area (Å²) >= 11 is 0. The number of aromatic nitrogens is 2. The van der Waals surface area contributed by atoms with Crippen LogP contribution < -0.4 is 14.8 Å². The Bertz CT molecular complexity index is 1200. The van der Waals surface area contributed by atoms with Crippen molar-refractivity contribution in [1.29, 1.82) is 0 Å². The number of piperazine rings is 1. The van der Waals surface area contributed by atoms with Crippen molar-refractivity contribution in [3.8, 4) is 22.9 Å². The van der Waals surface area contributed by atoms with E-state index in [1.807, 2.05) is 30.3 Å². The van der Waals surface area contributed by atoms with Crippen LogP contribution in [0.5, 0.6) is 11.5 Å². The van der Waals surface area contributed by atoms with Crippen LogP contribution in [0.15, 0.2) is 53.1 Å². The average molecular weight is 492 g/mol. The summed E-state index contributed by atoms with van der Waals surface area (Å²) in [5.74, 6) is 2.50. The molecule has 0 spiro atoms. The first-order valence-electron chi connectivity index (χ1n) is 12.1. The molecule has 2 heterocycles. The first kappa shape index (κ1) is 23.8. The number of anilines is 1. The third-order valence-electron chi connectivity index (χ3n) is 6.31. The third kappa shape index (κ3) is 6.01. The van der Waals surface area contributed by atoms with Gasteiger partial charge >= 0.3 is 0 Å². The number of hydrogen-bond acceptors (Lipinski definition) is 8. The number of benzene rings is 2. The van der Waals surface area contributed by atoms with Crippen LogP contribution in [-0.4, -0.2) is 71.7 Å². The summed E-state index contributed by atoms with van der Waals surface area (Å²) in [7, 11) is 1.62. The van der Waals surface area contributed by atoms with Gasteiger partial charge in [0.15, 0.2) is 6.61 Å². The Labute approximate surface area is 209 Å². The van der Waals surface area contributed by atoms with Gasteiger partial charge in [-0.15, -0.1) is 0 Å². The lowest BCUT2D eigenvalue weighted by Gasteiger charge is -2.33. The van der Waals surface area contributed by atoms with Gasteiger partial charge in [0.25, 0.3) is 5.91 Å². The van der Waals surface area contributed by atoms with Crippen molar-refractivity contribution < 1.29 is 23.6 Å². The Morgan fingerprint density at radius 3 is 2.56 bits per heavy atom. The van der Waals surface area contributed by atoms with E-state index in [0.29, 0.717) is 55.9 Å². The number of ether oxygens (including phenoxy) is 2. The molecule has 2 amide bonds. The van der Waals surface area contributed by atoms with Gasteiger partial charge in [0.2, 0.25) is 17.6 Å². The zero-order valence-electron chi connectivity index (χ0n) is 20.2. The highest BCUT2D eigenvalue weighted by Gasteiger charge is 2.29. The summed E-state index contributed by atoms with van der Waals surface area (Å²) in [6, 6.07) is 14.6. The Balaban J connectivity index is 1.06. The Hall–Kier alpha value is -3.92. The smallest absolute Gasteiger partial charge is 0.260 e. The molecule has 1 N–H and O–H groups in total. The highest BCUT2D eigenvalue weighted by atomic mass is 16.5. The van der Waals surface area contributed by atoms with E-state index in [4.69, 9.17) is 14.0 Å². The zero-order chi connectivity index (χ0) is 24.9. The first-order valence-corrected chi connectivity index (χ1v) is 12.1. The van der Waals surface area contributed by atoms with Crippen molar-refractivity contribution in [3.63, 3.8) is 0 Å². The highest BCUT2D eigenvalue weighted by Crippen LogP contribution is 2.30. The molecular formula is C26H29N5O5. The molecule has 5 rings (SSSR count). The van der Waals surface area contributed by atoms with Gasteiger partial charge in [-0.2, -0.15) is 4.98 Å². The predicted molar refractivity (Wildman–Crippen MR) is 131 cm³/mol. The number of amides is 2. The van der Waals surface area contributed by atoms with Gasteiger partial charge in [-0.25, -0.2) is 0 Å². The largest absolute Gasteiger partial charge is 0.497 e. The molecule has 1 aliphatic carbocycles. The van der Waals surface area contributed by atoms with E-state index in [-0.39, 0.29) is 24.3 Å². The van der Waals surface area contributed by atoms with Gasteiger partial charge in [0.1, 0.15) is 11.5 Å². The summed E-state index contributed by atoms with van der Waals surface area (Å²) in [5.41, 5.74) is 1.54. The summed E-state index contributed by atoms with van der Waals surface area (Å²) in [5, 5.41) is 6.97. The molecule has 10 nitrogen and oxygen atoms in total. The second-order valence-electron chi connectivity index (χ2n) is 8.98. The molecule has 0 radical (unpaired) electrons. The molecular weight excluding hydrogens is 462 g/mol. The van der Waals surface area contributed by atoms with E-state index < -0.39 is 0 Å². The Kier molecular flexibility index (Phi) is 7.13. The first-order chi connectivity index (χ1) is 17.6. The van der Waals surface area contributed by atoms with Crippen LogP contribution in [0.2, 0.25) is 0 Å². The molecule has 10 heteroatoms. The summed E-state index contributed by atoms with van der Waals surface area (Å²) < 4.78 is 16.3. The Morgan fingerprint density at radius 1 is 1.06 bits per heavy atom. The van der Waals surface area contributed by atoms with Crippen molar-refractivity contribution in [2.75, 3.05) is 45.2 Å². The van der Waals surface area contributed by atoms with Crippen LogP contribution >= 0.6 is 0 Å². The number of rotatable bonds is 9. The lowest BCUT2D eigenvalue weighted by molar-refractivity contribution is -0.135. The third-order valence-corrected chi connectivity index (χ3v) is 6.31. The normalized spacial score (nSPS) is 16.0. The van der Waals surface area contributed by atoms with E-state index in [0.717, 1.165) is 24.2 Å². The van der Waals surface area contributed by atoms with E-state index >= 15 is 0 Å². The van der Waals surface area contributed by atoms with Crippen LogP contribution in [0.3, 0.4) is 0 Å². The number of nitrogens with zero attached hydrogens (tertiary/aromatic N) is 4. The molecule has 3 aromatic rings. The quantitative estimate of drug-likeness (QED) is 0.487. The van der Waals surface area contributed by atoms with Gasteiger partial charge in [0, 0.05) is 49.4 Å². The number of hydrogen-bond donors (Lipinski definition) is 1. The molecule has 2 aromatic carbocycles. The van der Waals surface area contributed by atoms with Gasteiger partial charge in [-0.1, -0.05) is 11.2 Å². The van der Waals surface area contributed by atoms with E-state index in [1.54, 1.807) is 30.2 Å². The minimum atomic E-state index is -0.0679. The summed E-state index contributed by atoms with van der Waals surface area (Å²) in [6.45, 7) is 3.08. The van der Waals surface area contributed by atoms with Crippen molar-refractivity contribution in [1.82, 2.24) is 19.9 Å². The van der Waals surface area contributed by atoms with Crippen LogP contribution in [0, 0.1) is 5.92 Å². The fourth-order valence-electron chi connectivity index (χ4n) is 4.01. The number of methoxy groups -OCH3 is 1. The molecule has 0 bridgehead atoms. The fraction of sp³-hybridized carbons (Fsp3) is 0.385.